The molecule has 1 aliphatic heterocycles. The second-order valence-electron chi connectivity index (χ2n) is 6.84. The van der Waals surface area contributed by atoms with Crippen molar-refractivity contribution in [1.82, 2.24) is 0 Å². The van der Waals surface area contributed by atoms with Gasteiger partial charge >= 0.3 is 6.16 Å². The monoisotopic (exact) mass is 418 g/mol. The van der Waals surface area contributed by atoms with Gasteiger partial charge < -0.3 is 29.2 Å². The molecular weight excluding hydrogens is 388 g/mol. The lowest BCUT2D eigenvalue weighted by Crippen LogP contribution is -2.38. The Balaban J connectivity index is 0.000000214. The maximum Gasteiger partial charge on any atom is 0.508 e. The first-order valence-corrected chi connectivity index (χ1v) is 9.98. The Bertz CT molecular complexity index is 723. The summed E-state index contributed by atoms with van der Waals surface area (Å²) >= 11 is 0. The molecule has 0 saturated carbocycles. The van der Waals surface area contributed by atoms with E-state index in [4.69, 9.17) is 19.3 Å². The van der Waals surface area contributed by atoms with Crippen molar-refractivity contribution in [2.24, 2.45) is 0 Å². The summed E-state index contributed by atoms with van der Waals surface area (Å²) < 4.78 is 19.4. The average molecular weight is 418 g/mol. The Hall–Kier alpha value is -2.61. The summed E-state index contributed by atoms with van der Waals surface area (Å²) in [5.41, 5.74) is 2.64. The molecule has 1 unspecified atom stereocenters. The second-order valence-corrected chi connectivity index (χ2v) is 6.84. The number of ether oxygens (including phenoxy) is 4. The SMILES string of the molecule is CCOC(=O)OC[C@@H]1C[C@H](O)CC(O)O1.COc1ccc(Cc2ccccc2)cc1. The van der Waals surface area contributed by atoms with Crippen molar-refractivity contribution in [3.05, 3.63) is 65.7 Å². The third-order valence-corrected chi connectivity index (χ3v) is 4.42. The van der Waals surface area contributed by atoms with E-state index < -0.39 is 24.7 Å². The molecule has 7 nitrogen and oxygen atoms in total. The molecule has 0 aromatic heterocycles. The minimum Gasteiger partial charge on any atom is -0.497 e. The highest BCUT2D eigenvalue weighted by atomic mass is 16.7. The van der Waals surface area contributed by atoms with E-state index in [-0.39, 0.29) is 19.6 Å². The van der Waals surface area contributed by atoms with Crippen LogP contribution in [0.15, 0.2) is 54.6 Å². The van der Waals surface area contributed by atoms with Gasteiger partial charge in [-0.3, -0.25) is 0 Å². The molecular formula is C23H30O7. The van der Waals surface area contributed by atoms with E-state index in [0.29, 0.717) is 6.42 Å². The molecule has 2 aromatic rings. The molecule has 3 rings (SSSR count). The molecule has 7 heteroatoms. The highest BCUT2D eigenvalue weighted by Crippen LogP contribution is 2.18. The van der Waals surface area contributed by atoms with Crippen LogP contribution >= 0.6 is 0 Å². The fourth-order valence-electron chi connectivity index (χ4n) is 2.97. The van der Waals surface area contributed by atoms with Gasteiger partial charge in [0, 0.05) is 12.8 Å². The number of aliphatic hydroxyl groups is 2. The van der Waals surface area contributed by atoms with Gasteiger partial charge in [-0.1, -0.05) is 42.5 Å². The van der Waals surface area contributed by atoms with Gasteiger partial charge in [0.25, 0.3) is 0 Å². The van der Waals surface area contributed by atoms with Crippen LogP contribution in [-0.4, -0.2) is 55.2 Å². The van der Waals surface area contributed by atoms with Gasteiger partial charge in [-0.05, 0) is 36.6 Å². The first kappa shape index (κ1) is 23.7. The van der Waals surface area contributed by atoms with Crippen molar-refractivity contribution in [2.75, 3.05) is 20.3 Å². The molecule has 2 aromatic carbocycles. The summed E-state index contributed by atoms with van der Waals surface area (Å²) in [6.45, 7) is 1.90. The Labute approximate surface area is 177 Å². The van der Waals surface area contributed by atoms with E-state index in [1.807, 2.05) is 18.2 Å². The van der Waals surface area contributed by atoms with Crippen molar-refractivity contribution in [3.63, 3.8) is 0 Å². The molecule has 1 fully saturated rings. The predicted octanol–water partition coefficient (Wildman–Crippen LogP) is 3.30. The van der Waals surface area contributed by atoms with Gasteiger partial charge in [0.05, 0.1) is 25.9 Å². The Morgan fingerprint density at radius 2 is 1.67 bits per heavy atom. The number of carbonyl (C=O) groups is 1. The zero-order valence-corrected chi connectivity index (χ0v) is 17.4. The Kier molecular flexibility index (Phi) is 10.1. The van der Waals surface area contributed by atoms with E-state index in [2.05, 4.69) is 41.1 Å². The van der Waals surface area contributed by atoms with Crippen LogP contribution in [0.5, 0.6) is 5.75 Å². The maximum absolute atomic E-state index is 10.8. The molecule has 0 bridgehead atoms. The molecule has 3 atom stereocenters. The van der Waals surface area contributed by atoms with E-state index >= 15 is 0 Å². The van der Waals surface area contributed by atoms with Crippen LogP contribution in [0.4, 0.5) is 4.79 Å². The van der Waals surface area contributed by atoms with Crippen molar-refractivity contribution >= 4 is 6.16 Å². The molecule has 2 N–H and O–H groups in total. The minimum atomic E-state index is -0.996. The molecule has 0 radical (unpaired) electrons. The lowest BCUT2D eigenvalue weighted by atomic mass is 10.1. The topological polar surface area (TPSA) is 94.5 Å². The van der Waals surface area contributed by atoms with Crippen molar-refractivity contribution < 1.29 is 34.0 Å². The highest BCUT2D eigenvalue weighted by Gasteiger charge is 2.27. The van der Waals surface area contributed by atoms with Gasteiger partial charge in [0.15, 0.2) is 6.29 Å². The van der Waals surface area contributed by atoms with Gasteiger partial charge in [-0.15, -0.1) is 0 Å². The number of carbonyl (C=O) groups excluding carboxylic acids is 1. The van der Waals surface area contributed by atoms with Gasteiger partial charge in [-0.2, -0.15) is 0 Å². The number of hydrogen-bond donors (Lipinski definition) is 2. The fraction of sp³-hybridized carbons (Fsp3) is 0.435. The van der Waals surface area contributed by atoms with Crippen LogP contribution in [0.25, 0.3) is 0 Å². The maximum atomic E-state index is 10.8. The van der Waals surface area contributed by atoms with Gasteiger partial charge in [0.2, 0.25) is 0 Å². The standard InChI is InChI=1S/C14H14O.C9H16O6/c1-15-14-9-7-13(8-10-14)11-12-5-3-2-4-6-12;1-2-13-9(12)14-5-7-3-6(10)4-8(11)15-7/h2-10H,11H2,1H3;6-8,10-11H,2-5H2,1H3/t;6-,7-,8?/m.0/s1. The van der Waals surface area contributed by atoms with E-state index in [1.165, 1.54) is 11.1 Å². The summed E-state index contributed by atoms with van der Waals surface area (Å²) in [6, 6.07) is 18.7. The summed E-state index contributed by atoms with van der Waals surface area (Å²) in [7, 11) is 1.69. The smallest absolute Gasteiger partial charge is 0.497 e. The molecule has 1 aliphatic rings. The number of benzene rings is 2. The van der Waals surface area contributed by atoms with E-state index in [1.54, 1.807) is 14.0 Å². The summed E-state index contributed by atoms with van der Waals surface area (Å²) in [5, 5.41) is 18.5. The van der Waals surface area contributed by atoms with Crippen LogP contribution in [0, 0.1) is 0 Å². The van der Waals surface area contributed by atoms with Crippen molar-refractivity contribution in [2.45, 2.75) is 44.7 Å². The van der Waals surface area contributed by atoms with Crippen LogP contribution in [0.2, 0.25) is 0 Å². The van der Waals surface area contributed by atoms with Crippen LogP contribution in [0.1, 0.15) is 30.9 Å². The normalized spacial score (nSPS) is 20.5. The zero-order chi connectivity index (χ0) is 21.8. The lowest BCUT2D eigenvalue weighted by molar-refractivity contribution is -0.198. The molecule has 164 valence electrons. The predicted molar refractivity (Wildman–Crippen MR) is 111 cm³/mol. The van der Waals surface area contributed by atoms with Crippen molar-refractivity contribution in [3.8, 4) is 5.75 Å². The Morgan fingerprint density at radius 3 is 2.27 bits per heavy atom. The lowest BCUT2D eigenvalue weighted by Gasteiger charge is -2.29. The molecule has 1 heterocycles. The average Bonchev–Trinajstić information content (AvgIpc) is 2.74. The zero-order valence-electron chi connectivity index (χ0n) is 17.4. The first-order valence-electron chi connectivity index (χ1n) is 9.98. The van der Waals surface area contributed by atoms with Crippen molar-refractivity contribution in [1.29, 1.82) is 0 Å². The number of methoxy groups -OCH3 is 1. The summed E-state index contributed by atoms with van der Waals surface area (Å²) in [6.07, 6.45) is -1.35. The Morgan fingerprint density at radius 1 is 1.00 bits per heavy atom. The van der Waals surface area contributed by atoms with Crippen LogP contribution in [-0.2, 0) is 20.6 Å². The second kappa shape index (κ2) is 12.8. The molecule has 1 saturated heterocycles. The number of aliphatic hydroxyl groups excluding tert-OH is 2. The first-order chi connectivity index (χ1) is 14.5. The van der Waals surface area contributed by atoms with E-state index in [9.17, 15) is 9.90 Å². The number of hydrogen-bond acceptors (Lipinski definition) is 7. The highest BCUT2D eigenvalue weighted by molar-refractivity contribution is 5.59. The van der Waals surface area contributed by atoms with Gasteiger partial charge in [-0.25, -0.2) is 4.79 Å². The quantitative estimate of drug-likeness (QED) is 0.695. The summed E-state index contributed by atoms with van der Waals surface area (Å²) in [4.78, 5) is 10.8. The summed E-state index contributed by atoms with van der Waals surface area (Å²) in [5.74, 6) is 0.909. The third kappa shape index (κ3) is 8.82. The van der Waals surface area contributed by atoms with Crippen LogP contribution in [0.3, 0.4) is 0 Å². The molecule has 0 spiro atoms. The third-order valence-electron chi connectivity index (χ3n) is 4.42. The minimum absolute atomic E-state index is 0.0209. The van der Waals surface area contributed by atoms with Crippen LogP contribution < -0.4 is 4.74 Å². The fourth-order valence-corrected chi connectivity index (χ4v) is 2.97. The molecule has 0 aliphatic carbocycles. The molecule has 30 heavy (non-hydrogen) atoms. The largest absolute Gasteiger partial charge is 0.508 e. The number of rotatable bonds is 6. The van der Waals surface area contributed by atoms with Gasteiger partial charge in [0.1, 0.15) is 12.4 Å². The molecule has 0 amide bonds. The van der Waals surface area contributed by atoms with E-state index in [0.717, 1.165) is 12.2 Å².